The zero-order chi connectivity index (χ0) is 37.0. The van der Waals surface area contributed by atoms with Gasteiger partial charge >= 0.3 is 332 Å². The van der Waals surface area contributed by atoms with Gasteiger partial charge in [-0.25, -0.2) is 0 Å². The van der Waals surface area contributed by atoms with Crippen molar-refractivity contribution in [2.24, 2.45) is 0 Å². The maximum absolute atomic E-state index is 2.96. The van der Waals surface area contributed by atoms with Gasteiger partial charge in [-0.3, -0.25) is 0 Å². The standard InChI is InChI=1S/2C26H21.C2H4.2ClH.Zr/c2*1-3-18-14-24-17(2)12-13-23(25(24)15-18)26-16-19-8-4-5-9-20(19)21-10-6-7-11-22(21)26;1-2;;;/h2*4-16H,3H2,1-2H3;1-2H2;2*1H;/q;;;;;+2/p-2. The van der Waals surface area contributed by atoms with Crippen LogP contribution in [-0.2, 0) is 20.3 Å². The molecule has 1 aliphatic heterocycles. The zero-order valence-electron chi connectivity index (χ0n) is 33.1. The molecule has 3 aliphatic rings. The van der Waals surface area contributed by atoms with E-state index in [9.17, 15) is 0 Å². The van der Waals surface area contributed by atoms with Crippen LogP contribution in [0.2, 0.25) is 8.26 Å². The minimum Gasteiger partial charge on any atom is -1.00 e. The third-order valence-electron chi connectivity index (χ3n) is 13.9. The fourth-order valence-corrected chi connectivity index (χ4v) is 29.6. The number of rotatable bonds is 6. The van der Waals surface area contributed by atoms with Crippen LogP contribution in [0.4, 0.5) is 0 Å². The predicted octanol–water partition coefficient (Wildman–Crippen LogP) is 9.66. The summed E-state index contributed by atoms with van der Waals surface area (Å²) >= 11 is -2.96. The van der Waals surface area contributed by atoms with Crippen molar-refractivity contribution in [3.63, 3.8) is 0 Å². The Balaban J connectivity index is 0.00000211. The third kappa shape index (κ3) is 5.63. The SMILES string of the molecule is CCC1=Cc2c(-c3cc4ccccc4c4ccccc34)ccc(C)c2[CH]1[Zr+2]1([CH]2C(CC)=Cc3c(-c4cc5ccccc5c5ccccc45)ccc(C)c32)[CH2][CH2]1.[Cl-].[Cl-]. The second kappa shape index (κ2) is 14.5. The molecule has 0 aromatic heterocycles. The molecule has 8 aromatic carbocycles. The van der Waals surface area contributed by atoms with Crippen LogP contribution in [0.25, 0.3) is 77.5 Å². The topological polar surface area (TPSA) is 0 Å². The van der Waals surface area contributed by atoms with Crippen LogP contribution < -0.4 is 24.8 Å². The fourth-order valence-electron chi connectivity index (χ4n) is 11.3. The fraction of sp³-hybridized carbons (Fsp3) is 0.185. The number of halogens is 2. The first-order valence-corrected chi connectivity index (χ1v) is 26.8. The number of allylic oxidation sites excluding steroid dienone is 2. The molecular weight excluding hydrogens is 811 g/mol. The van der Waals surface area contributed by atoms with Gasteiger partial charge in [0.2, 0.25) is 0 Å². The maximum atomic E-state index is 2.68. The molecule has 2 atom stereocenters. The first-order valence-electron chi connectivity index (χ1n) is 20.5. The minimum absolute atomic E-state index is 0. The van der Waals surface area contributed by atoms with Gasteiger partial charge in [0, 0.05) is 0 Å². The monoisotopic (exact) mass is 854 g/mol. The van der Waals surface area contributed by atoms with Crippen LogP contribution in [0.3, 0.4) is 0 Å². The molecule has 11 rings (SSSR count). The first kappa shape index (κ1) is 38.3. The molecule has 8 aromatic rings. The Hall–Kier alpha value is -4.26. The molecule has 0 N–H and O–H groups in total. The van der Waals surface area contributed by atoms with Crippen LogP contribution in [0.15, 0.2) is 145 Å². The smallest absolute Gasteiger partial charge is 1.00 e. The predicted molar refractivity (Wildman–Crippen MR) is 235 cm³/mol. The third-order valence-corrected chi connectivity index (χ3v) is 26.9. The minimum atomic E-state index is -2.96. The average Bonchev–Trinajstić information content (AvgIpc) is 3.75. The van der Waals surface area contributed by atoms with Crippen molar-refractivity contribution in [1.82, 2.24) is 0 Å². The summed E-state index contributed by atoms with van der Waals surface area (Å²) in [6, 6.07) is 50.8. The van der Waals surface area contributed by atoms with Crippen LogP contribution in [0, 0.1) is 13.8 Å². The molecule has 280 valence electrons. The summed E-state index contributed by atoms with van der Waals surface area (Å²) in [4.78, 5) is 0. The van der Waals surface area contributed by atoms with Gasteiger partial charge in [0.15, 0.2) is 0 Å². The molecule has 0 bridgehead atoms. The molecule has 0 amide bonds. The second-order valence-electron chi connectivity index (χ2n) is 16.6. The first-order chi connectivity index (χ1) is 27.0. The molecule has 0 spiro atoms. The van der Waals surface area contributed by atoms with Gasteiger partial charge in [-0.2, -0.15) is 0 Å². The van der Waals surface area contributed by atoms with Crippen molar-refractivity contribution in [1.29, 1.82) is 0 Å². The van der Waals surface area contributed by atoms with Crippen LogP contribution in [0.1, 0.15) is 67.3 Å². The number of hydrogen-bond acceptors (Lipinski definition) is 0. The molecular formula is C54H46Cl2Zr. The van der Waals surface area contributed by atoms with Crippen molar-refractivity contribution in [3.05, 3.63) is 178 Å². The van der Waals surface area contributed by atoms with Crippen LogP contribution in [-0.4, -0.2) is 0 Å². The molecule has 1 fully saturated rings. The summed E-state index contributed by atoms with van der Waals surface area (Å²) in [6.45, 7) is 9.69. The van der Waals surface area contributed by atoms with Crippen molar-refractivity contribution in [2.75, 3.05) is 0 Å². The average molecular weight is 857 g/mol. The Morgan fingerprint density at radius 1 is 0.439 bits per heavy atom. The molecule has 0 radical (unpaired) electrons. The molecule has 2 aliphatic carbocycles. The normalized spacial score (nSPS) is 17.0. The summed E-state index contributed by atoms with van der Waals surface area (Å²) < 4.78 is 4.19. The van der Waals surface area contributed by atoms with E-state index < -0.39 is 20.3 Å². The molecule has 0 saturated carbocycles. The van der Waals surface area contributed by atoms with Crippen molar-refractivity contribution in [3.8, 4) is 22.3 Å². The van der Waals surface area contributed by atoms with E-state index >= 15 is 0 Å². The largest absolute Gasteiger partial charge is 1.00 e. The van der Waals surface area contributed by atoms with Crippen molar-refractivity contribution < 1.29 is 45.1 Å². The van der Waals surface area contributed by atoms with E-state index in [0.29, 0.717) is 7.25 Å². The van der Waals surface area contributed by atoms with Gasteiger partial charge < -0.3 is 24.8 Å². The van der Waals surface area contributed by atoms with Gasteiger partial charge in [0.05, 0.1) is 0 Å². The number of benzene rings is 8. The van der Waals surface area contributed by atoms with Crippen LogP contribution >= 0.6 is 0 Å². The second-order valence-corrected chi connectivity index (χ2v) is 28.0. The summed E-state index contributed by atoms with van der Waals surface area (Å²) in [7, 11) is 0. The molecule has 57 heavy (non-hydrogen) atoms. The molecule has 3 heteroatoms. The Bertz CT molecular complexity index is 2800. The number of aryl methyl sites for hydroxylation is 2. The van der Waals surface area contributed by atoms with Crippen molar-refractivity contribution in [2.45, 2.75) is 56.0 Å². The van der Waals surface area contributed by atoms with Crippen LogP contribution in [0.5, 0.6) is 0 Å². The van der Waals surface area contributed by atoms with Gasteiger partial charge in [-0.05, 0) is 0 Å². The zero-order valence-corrected chi connectivity index (χ0v) is 37.1. The molecule has 2 unspecified atom stereocenters. The van der Waals surface area contributed by atoms with Gasteiger partial charge in [-0.1, -0.05) is 0 Å². The Labute approximate surface area is 353 Å². The van der Waals surface area contributed by atoms with E-state index in [1.54, 1.807) is 22.3 Å². The van der Waals surface area contributed by atoms with E-state index in [1.165, 1.54) is 95.9 Å². The molecule has 1 heterocycles. The van der Waals surface area contributed by atoms with E-state index in [1.807, 2.05) is 0 Å². The Kier molecular flexibility index (Phi) is 9.76. The van der Waals surface area contributed by atoms with E-state index in [-0.39, 0.29) is 24.8 Å². The Morgan fingerprint density at radius 2 is 0.807 bits per heavy atom. The Morgan fingerprint density at radius 3 is 1.19 bits per heavy atom. The summed E-state index contributed by atoms with van der Waals surface area (Å²) in [6.07, 6.45) is 7.61. The van der Waals surface area contributed by atoms with E-state index in [0.717, 1.165) is 12.8 Å². The number of hydrogen-bond donors (Lipinski definition) is 0. The summed E-state index contributed by atoms with van der Waals surface area (Å²) in [5, 5.41) is 10.7. The van der Waals surface area contributed by atoms with Gasteiger partial charge in [0.1, 0.15) is 0 Å². The van der Waals surface area contributed by atoms with E-state index in [2.05, 4.69) is 173 Å². The quantitative estimate of drug-likeness (QED) is 0.146. The van der Waals surface area contributed by atoms with Gasteiger partial charge in [0.25, 0.3) is 0 Å². The number of fused-ring (bicyclic) bond motifs is 8. The summed E-state index contributed by atoms with van der Waals surface area (Å²) in [5.41, 5.74) is 18.4. The van der Waals surface area contributed by atoms with Crippen molar-refractivity contribution >= 4 is 55.2 Å². The summed E-state index contributed by atoms with van der Waals surface area (Å²) in [5.74, 6) is 0. The maximum Gasteiger partial charge on any atom is -1.00 e. The van der Waals surface area contributed by atoms with Gasteiger partial charge in [-0.15, -0.1) is 0 Å². The molecule has 0 nitrogen and oxygen atoms in total. The molecule has 1 saturated heterocycles. The van der Waals surface area contributed by atoms with E-state index in [4.69, 9.17) is 0 Å².